The summed E-state index contributed by atoms with van der Waals surface area (Å²) in [4.78, 5) is 0.376. The van der Waals surface area contributed by atoms with Gasteiger partial charge in [0.05, 0.1) is 11.0 Å². The molecule has 2 rings (SSSR count). The predicted octanol–water partition coefficient (Wildman–Crippen LogP) is 1.78. The van der Waals surface area contributed by atoms with Gasteiger partial charge in [0.25, 0.3) is 0 Å². The lowest BCUT2D eigenvalue weighted by Crippen LogP contribution is -2.30. The van der Waals surface area contributed by atoms with Gasteiger partial charge in [-0.05, 0) is 24.3 Å². The molecule has 1 aromatic rings. The van der Waals surface area contributed by atoms with Crippen molar-refractivity contribution in [3.05, 3.63) is 30.1 Å². The highest BCUT2D eigenvalue weighted by atomic mass is 32.2. The lowest BCUT2D eigenvalue weighted by Gasteiger charge is -2.17. The Morgan fingerprint density at radius 2 is 2.06 bits per heavy atom. The van der Waals surface area contributed by atoms with E-state index >= 15 is 0 Å². The van der Waals surface area contributed by atoms with Crippen LogP contribution in [-0.2, 0) is 11.0 Å². The van der Waals surface area contributed by atoms with E-state index in [2.05, 4.69) is 0 Å². The minimum atomic E-state index is -1.61. The fraction of sp³-hybridized carbons (Fsp3) is 0.364. The van der Waals surface area contributed by atoms with E-state index in [9.17, 15) is 13.0 Å². The van der Waals surface area contributed by atoms with Crippen LogP contribution in [-0.4, -0.2) is 27.3 Å². The molecule has 90 valence electrons. The number of nitrogens with zero attached hydrogens (tertiary/aromatic N) is 2. The molecule has 6 heteroatoms. The summed E-state index contributed by atoms with van der Waals surface area (Å²) in [6.07, 6.45) is -1.06. The van der Waals surface area contributed by atoms with Crippen LogP contribution in [0.5, 0.6) is 0 Å². The molecule has 1 heterocycles. The van der Waals surface area contributed by atoms with Crippen molar-refractivity contribution in [2.45, 2.75) is 23.5 Å². The average Bonchev–Trinajstić information content (AvgIpc) is 2.70. The van der Waals surface area contributed by atoms with Crippen molar-refractivity contribution in [3.63, 3.8) is 0 Å². The van der Waals surface area contributed by atoms with Crippen LogP contribution in [0, 0.1) is 17.1 Å². The molecule has 0 radical (unpaired) electrons. The molecule has 0 spiro atoms. The molecular weight excluding hydrogens is 246 g/mol. The van der Waals surface area contributed by atoms with Gasteiger partial charge in [0, 0.05) is 13.0 Å². The van der Waals surface area contributed by atoms with Crippen molar-refractivity contribution in [2.75, 3.05) is 6.54 Å². The third-order valence-electron chi connectivity index (χ3n) is 2.58. The van der Waals surface area contributed by atoms with Gasteiger partial charge in [-0.1, -0.05) is 0 Å². The standard InChI is InChI=1S/C11H10F2N2OS/c12-8-1-3-11(4-2-8)17(16)15-7-9(13)5-10(15)6-14/h1-4,9-10H,5,7H2. The monoisotopic (exact) mass is 256 g/mol. The molecule has 1 fully saturated rings. The Balaban J connectivity index is 2.20. The highest BCUT2D eigenvalue weighted by Crippen LogP contribution is 2.24. The largest absolute Gasteiger partial charge is 0.246 e. The Hall–Kier alpha value is -1.32. The lowest BCUT2D eigenvalue weighted by molar-refractivity contribution is 0.347. The van der Waals surface area contributed by atoms with E-state index in [1.807, 2.05) is 6.07 Å². The Morgan fingerprint density at radius 1 is 1.41 bits per heavy atom. The second-order valence-corrected chi connectivity index (χ2v) is 5.22. The van der Waals surface area contributed by atoms with Crippen molar-refractivity contribution < 1.29 is 13.0 Å². The molecule has 0 N–H and O–H groups in total. The highest BCUT2D eigenvalue weighted by molar-refractivity contribution is 7.82. The first-order valence-corrected chi connectivity index (χ1v) is 6.20. The molecule has 1 aromatic carbocycles. The van der Waals surface area contributed by atoms with E-state index in [0.717, 1.165) is 0 Å². The average molecular weight is 256 g/mol. The molecule has 0 aliphatic carbocycles. The smallest absolute Gasteiger partial charge is 0.128 e. The summed E-state index contributed by atoms with van der Waals surface area (Å²) in [5.41, 5.74) is 0. The number of hydrogen-bond acceptors (Lipinski definition) is 2. The Kier molecular flexibility index (Phi) is 3.50. The quantitative estimate of drug-likeness (QED) is 0.809. The van der Waals surface area contributed by atoms with E-state index in [1.54, 1.807) is 0 Å². The first kappa shape index (κ1) is 12.1. The fourth-order valence-corrected chi connectivity index (χ4v) is 3.04. The summed E-state index contributed by atoms with van der Waals surface area (Å²) >= 11 is 0. The normalized spacial score (nSPS) is 26.6. The summed E-state index contributed by atoms with van der Waals surface area (Å²) in [5, 5.41) is 8.84. The van der Waals surface area contributed by atoms with E-state index in [4.69, 9.17) is 5.26 Å². The van der Waals surface area contributed by atoms with Gasteiger partial charge < -0.3 is 0 Å². The van der Waals surface area contributed by atoms with Crippen LogP contribution >= 0.6 is 0 Å². The topological polar surface area (TPSA) is 44.1 Å². The zero-order valence-electron chi connectivity index (χ0n) is 8.85. The van der Waals surface area contributed by atoms with Crippen LogP contribution in [0.3, 0.4) is 0 Å². The van der Waals surface area contributed by atoms with Crippen molar-refractivity contribution in [2.24, 2.45) is 0 Å². The molecule has 0 bridgehead atoms. The summed E-state index contributed by atoms with van der Waals surface area (Å²) in [6.45, 7) is -0.0256. The summed E-state index contributed by atoms with van der Waals surface area (Å²) < 4.78 is 39.2. The zero-order valence-corrected chi connectivity index (χ0v) is 9.66. The second kappa shape index (κ2) is 4.90. The molecule has 1 aliphatic heterocycles. The molecule has 3 nitrogen and oxygen atoms in total. The second-order valence-electron chi connectivity index (χ2n) is 3.78. The third-order valence-corrected chi connectivity index (χ3v) is 4.09. The predicted molar refractivity (Wildman–Crippen MR) is 58.4 cm³/mol. The van der Waals surface area contributed by atoms with E-state index in [-0.39, 0.29) is 13.0 Å². The van der Waals surface area contributed by atoms with Crippen LogP contribution in [0.4, 0.5) is 8.78 Å². The lowest BCUT2D eigenvalue weighted by atomic mass is 10.2. The van der Waals surface area contributed by atoms with Crippen LogP contribution in [0.2, 0.25) is 0 Å². The molecule has 17 heavy (non-hydrogen) atoms. The minimum absolute atomic E-state index is 0.0256. The molecule has 1 saturated heterocycles. The molecule has 0 amide bonds. The first-order valence-electron chi connectivity index (χ1n) is 5.09. The van der Waals surface area contributed by atoms with Gasteiger partial charge in [0.2, 0.25) is 0 Å². The maximum absolute atomic E-state index is 13.2. The van der Waals surface area contributed by atoms with Gasteiger partial charge >= 0.3 is 0 Å². The number of halogens is 2. The molecule has 0 saturated carbocycles. The number of benzene rings is 1. The number of rotatable bonds is 2. The highest BCUT2D eigenvalue weighted by Gasteiger charge is 2.36. The van der Waals surface area contributed by atoms with E-state index in [0.29, 0.717) is 4.90 Å². The fourth-order valence-electron chi connectivity index (χ4n) is 1.74. The molecule has 1 aliphatic rings. The van der Waals surface area contributed by atoms with E-state index in [1.165, 1.54) is 28.6 Å². The first-order chi connectivity index (χ1) is 8.11. The zero-order chi connectivity index (χ0) is 12.4. The van der Waals surface area contributed by atoms with Gasteiger partial charge in [-0.3, -0.25) is 0 Å². The molecule has 0 aromatic heterocycles. The maximum atomic E-state index is 13.2. The van der Waals surface area contributed by atoms with Crippen LogP contribution in [0.25, 0.3) is 0 Å². The van der Waals surface area contributed by atoms with Crippen molar-refractivity contribution >= 4 is 11.0 Å². The number of nitriles is 1. The third kappa shape index (κ3) is 2.51. The van der Waals surface area contributed by atoms with Crippen molar-refractivity contribution in [1.29, 1.82) is 5.26 Å². The summed E-state index contributed by atoms with van der Waals surface area (Å²) in [5.74, 6) is -0.424. The van der Waals surface area contributed by atoms with Crippen molar-refractivity contribution in [3.8, 4) is 6.07 Å². The Morgan fingerprint density at radius 3 is 2.65 bits per heavy atom. The maximum Gasteiger partial charge on any atom is 0.128 e. The van der Waals surface area contributed by atoms with Gasteiger partial charge in [-0.2, -0.15) is 5.26 Å². The van der Waals surface area contributed by atoms with Crippen molar-refractivity contribution in [1.82, 2.24) is 4.31 Å². The van der Waals surface area contributed by atoms with Crippen LogP contribution in [0.1, 0.15) is 6.42 Å². The Bertz CT molecular complexity index is 471. The van der Waals surface area contributed by atoms with Gasteiger partial charge in [-0.25, -0.2) is 17.3 Å². The van der Waals surface area contributed by atoms with Gasteiger partial charge in [0.15, 0.2) is 0 Å². The van der Waals surface area contributed by atoms with Gasteiger partial charge in [-0.15, -0.1) is 0 Å². The molecule has 3 unspecified atom stereocenters. The van der Waals surface area contributed by atoms with Crippen LogP contribution < -0.4 is 0 Å². The summed E-state index contributed by atoms with van der Waals surface area (Å²) in [6, 6.07) is 6.39. The Labute approximate surface area is 100 Å². The number of alkyl halides is 1. The minimum Gasteiger partial charge on any atom is -0.246 e. The van der Waals surface area contributed by atoms with Crippen LogP contribution in [0.15, 0.2) is 29.2 Å². The SMILES string of the molecule is N#CC1CC(F)CN1S(=O)c1ccc(F)cc1. The molecular formula is C11H10F2N2OS. The molecule has 3 atom stereocenters. The van der Waals surface area contributed by atoms with Gasteiger partial charge in [0.1, 0.15) is 29.0 Å². The van der Waals surface area contributed by atoms with E-state index < -0.39 is 29.0 Å². The number of hydrogen-bond donors (Lipinski definition) is 0. The summed E-state index contributed by atoms with van der Waals surface area (Å²) in [7, 11) is -1.61.